The molecule has 1 aromatic carbocycles. The van der Waals surface area contributed by atoms with Gasteiger partial charge in [0.25, 0.3) is 5.91 Å². The second-order valence-corrected chi connectivity index (χ2v) is 5.26. The summed E-state index contributed by atoms with van der Waals surface area (Å²) in [4.78, 5) is 11.9. The fourth-order valence-corrected chi connectivity index (χ4v) is 2.62. The van der Waals surface area contributed by atoms with Gasteiger partial charge in [-0.15, -0.1) is 0 Å². The number of rotatable bonds is 4. The number of aliphatic hydroxyl groups is 1. The summed E-state index contributed by atoms with van der Waals surface area (Å²) < 4.78 is 13.8. The Bertz CT molecular complexity index is 455. The Balaban J connectivity index is 1.92. The Morgan fingerprint density at radius 1 is 1.47 bits per heavy atom. The predicted molar refractivity (Wildman–Crippen MR) is 71.4 cm³/mol. The normalized spacial score (nSPS) is 17.4. The number of hydrogen-bond donors (Lipinski definition) is 2. The molecule has 19 heavy (non-hydrogen) atoms. The summed E-state index contributed by atoms with van der Waals surface area (Å²) in [5.41, 5.74) is 0.489. The van der Waals surface area contributed by atoms with E-state index >= 15 is 0 Å². The molecule has 0 aromatic heterocycles. The van der Waals surface area contributed by atoms with E-state index in [1.807, 2.05) is 0 Å². The van der Waals surface area contributed by atoms with Crippen molar-refractivity contribution in [2.75, 3.05) is 6.54 Å². The topological polar surface area (TPSA) is 49.3 Å². The number of carbonyl (C=O) groups is 1. The van der Waals surface area contributed by atoms with E-state index in [1.54, 1.807) is 19.1 Å². The van der Waals surface area contributed by atoms with Crippen LogP contribution in [0.4, 0.5) is 4.39 Å². The molecular weight excluding hydrogens is 245 g/mol. The van der Waals surface area contributed by atoms with Gasteiger partial charge in [-0.3, -0.25) is 4.79 Å². The molecule has 0 heterocycles. The summed E-state index contributed by atoms with van der Waals surface area (Å²) >= 11 is 0. The summed E-state index contributed by atoms with van der Waals surface area (Å²) in [6.07, 6.45) is 3.77. The average molecular weight is 265 g/mol. The largest absolute Gasteiger partial charge is 0.391 e. The highest BCUT2D eigenvalue weighted by molar-refractivity contribution is 5.94. The molecule has 4 heteroatoms. The molecule has 0 bridgehead atoms. The van der Waals surface area contributed by atoms with Crippen LogP contribution < -0.4 is 5.32 Å². The van der Waals surface area contributed by atoms with Crippen molar-refractivity contribution in [2.24, 2.45) is 5.92 Å². The number of amides is 1. The van der Waals surface area contributed by atoms with Crippen LogP contribution in [0, 0.1) is 18.7 Å². The zero-order valence-corrected chi connectivity index (χ0v) is 11.2. The monoisotopic (exact) mass is 265 g/mol. The van der Waals surface area contributed by atoms with Gasteiger partial charge >= 0.3 is 0 Å². The summed E-state index contributed by atoms with van der Waals surface area (Å²) in [6.45, 7) is 1.82. The zero-order valence-electron chi connectivity index (χ0n) is 11.2. The standard InChI is InChI=1S/C15H20FNO2/c1-10-5-4-8-12(14(10)16)15(19)17-9-13(18)11-6-2-3-7-11/h4-5,8,11,13,18H,2-3,6-7,9H2,1H3,(H,17,19). The average Bonchev–Trinajstić information content (AvgIpc) is 2.93. The van der Waals surface area contributed by atoms with Crippen LogP contribution in [0.5, 0.6) is 0 Å². The lowest BCUT2D eigenvalue weighted by atomic mass is 10.0. The van der Waals surface area contributed by atoms with Crippen molar-refractivity contribution in [3.8, 4) is 0 Å². The third kappa shape index (κ3) is 3.32. The van der Waals surface area contributed by atoms with Gasteiger partial charge in [-0.2, -0.15) is 0 Å². The van der Waals surface area contributed by atoms with Gasteiger partial charge < -0.3 is 10.4 Å². The molecule has 104 valence electrons. The maximum absolute atomic E-state index is 13.8. The fraction of sp³-hybridized carbons (Fsp3) is 0.533. The smallest absolute Gasteiger partial charge is 0.254 e. The first-order valence-electron chi connectivity index (χ1n) is 6.81. The van der Waals surface area contributed by atoms with Crippen molar-refractivity contribution in [3.63, 3.8) is 0 Å². The lowest BCUT2D eigenvalue weighted by Crippen LogP contribution is -2.36. The molecule has 2 rings (SSSR count). The highest BCUT2D eigenvalue weighted by Crippen LogP contribution is 2.27. The van der Waals surface area contributed by atoms with Crippen molar-refractivity contribution >= 4 is 5.91 Å². The van der Waals surface area contributed by atoms with Crippen LogP contribution >= 0.6 is 0 Å². The highest BCUT2D eigenvalue weighted by atomic mass is 19.1. The van der Waals surface area contributed by atoms with E-state index in [1.165, 1.54) is 6.07 Å². The van der Waals surface area contributed by atoms with Crippen LogP contribution in [-0.4, -0.2) is 23.7 Å². The van der Waals surface area contributed by atoms with Crippen molar-refractivity contribution in [1.29, 1.82) is 0 Å². The lowest BCUT2D eigenvalue weighted by molar-refractivity contribution is 0.0837. The van der Waals surface area contributed by atoms with Gasteiger partial charge in [-0.05, 0) is 37.3 Å². The summed E-state index contributed by atoms with van der Waals surface area (Å²) in [6, 6.07) is 4.74. The van der Waals surface area contributed by atoms with Crippen molar-refractivity contribution in [2.45, 2.75) is 38.7 Å². The number of hydrogen-bond acceptors (Lipinski definition) is 2. The molecule has 0 aliphatic heterocycles. The molecule has 0 saturated heterocycles. The minimum absolute atomic E-state index is 0.0404. The van der Waals surface area contributed by atoms with Crippen LogP contribution in [0.2, 0.25) is 0 Å². The first kappa shape index (κ1) is 14.0. The third-order valence-electron chi connectivity index (χ3n) is 3.85. The molecule has 1 aromatic rings. The third-order valence-corrected chi connectivity index (χ3v) is 3.85. The maximum atomic E-state index is 13.8. The van der Waals surface area contributed by atoms with E-state index in [2.05, 4.69) is 5.32 Å². The number of aryl methyl sites for hydroxylation is 1. The van der Waals surface area contributed by atoms with Gasteiger partial charge in [-0.1, -0.05) is 25.0 Å². The van der Waals surface area contributed by atoms with Gasteiger partial charge in [0, 0.05) is 6.54 Å². The van der Waals surface area contributed by atoms with Gasteiger partial charge in [0.15, 0.2) is 0 Å². The number of aliphatic hydroxyl groups excluding tert-OH is 1. The Kier molecular flexibility index (Phi) is 4.53. The van der Waals surface area contributed by atoms with E-state index in [0.29, 0.717) is 5.56 Å². The van der Waals surface area contributed by atoms with Gasteiger partial charge in [0.2, 0.25) is 0 Å². The Labute approximate surface area is 112 Å². The predicted octanol–water partition coefficient (Wildman–Crippen LogP) is 2.42. The first-order valence-corrected chi connectivity index (χ1v) is 6.81. The van der Waals surface area contributed by atoms with Crippen LogP contribution in [0.25, 0.3) is 0 Å². The molecule has 0 radical (unpaired) electrons. The minimum atomic E-state index is -0.528. The van der Waals surface area contributed by atoms with E-state index < -0.39 is 17.8 Å². The van der Waals surface area contributed by atoms with Gasteiger partial charge in [-0.25, -0.2) is 4.39 Å². The highest BCUT2D eigenvalue weighted by Gasteiger charge is 2.24. The van der Waals surface area contributed by atoms with Crippen molar-refractivity contribution < 1.29 is 14.3 Å². The molecular formula is C15H20FNO2. The van der Waals surface area contributed by atoms with Crippen molar-refractivity contribution in [1.82, 2.24) is 5.32 Å². The molecule has 1 aliphatic carbocycles. The Hall–Kier alpha value is -1.42. The number of carbonyl (C=O) groups excluding carboxylic acids is 1. The van der Waals surface area contributed by atoms with Crippen LogP contribution in [-0.2, 0) is 0 Å². The number of benzene rings is 1. The maximum Gasteiger partial charge on any atom is 0.254 e. The minimum Gasteiger partial charge on any atom is -0.391 e. The van der Waals surface area contributed by atoms with Gasteiger partial charge in [0.05, 0.1) is 11.7 Å². The summed E-state index contributed by atoms with van der Waals surface area (Å²) in [5, 5.41) is 12.6. The van der Waals surface area contributed by atoms with E-state index in [4.69, 9.17) is 0 Å². The Morgan fingerprint density at radius 3 is 2.84 bits per heavy atom. The number of halogens is 1. The Morgan fingerprint density at radius 2 is 2.16 bits per heavy atom. The van der Waals surface area contributed by atoms with Crippen LogP contribution in [0.3, 0.4) is 0 Å². The molecule has 0 spiro atoms. The lowest BCUT2D eigenvalue weighted by Gasteiger charge is -2.18. The van der Waals surface area contributed by atoms with Crippen molar-refractivity contribution in [3.05, 3.63) is 35.1 Å². The summed E-state index contributed by atoms with van der Waals surface area (Å²) in [7, 11) is 0. The molecule has 2 N–H and O–H groups in total. The molecule has 1 aliphatic rings. The molecule has 1 atom stereocenters. The van der Waals surface area contributed by atoms with Gasteiger partial charge in [0.1, 0.15) is 5.82 Å². The second kappa shape index (κ2) is 6.15. The van der Waals surface area contributed by atoms with Crippen LogP contribution in [0.15, 0.2) is 18.2 Å². The molecule has 1 saturated carbocycles. The molecule has 1 fully saturated rings. The number of nitrogens with one attached hydrogen (secondary N) is 1. The van der Waals surface area contributed by atoms with E-state index in [0.717, 1.165) is 25.7 Å². The fourth-order valence-electron chi connectivity index (χ4n) is 2.62. The van der Waals surface area contributed by atoms with E-state index in [9.17, 15) is 14.3 Å². The second-order valence-electron chi connectivity index (χ2n) is 5.26. The summed E-state index contributed by atoms with van der Waals surface area (Å²) in [5.74, 6) is -0.684. The molecule has 1 amide bonds. The quantitative estimate of drug-likeness (QED) is 0.878. The molecule has 1 unspecified atom stereocenters. The van der Waals surface area contributed by atoms with Crippen LogP contribution in [0.1, 0.15) is 41.6 Å². The molecule has 3 nitrogen and oxygen atoms in total. The first-order chi connectivity index (χ1) is 9.09. The van der Waals surface area contributed by atoms with E-state index in [-0.39, 0.29) is 18.0 Å². The zero-order chi connectivity index (χ0) is 13.8. The SMILES string of the molecule is Cc1cccc(C(=O)NCC(O)C2CCCC2)c1F.